The van der Waals surface area contributed by atoms with Gasteiger partial charge in [-0.05, 0) is 19.0 Å². The van der Waals surface area contributed by atoms with Crippen LogP contribution in [-0.2, 0) is 7.05 Å². The van der Waals surface area contributed by atoms with E-state index in [1.807, 2.05) is 0 Å². The Morgan fingerprint density at radius 3 is 3.00 bits per heavy atom. The molecule has 11 heavy (non-hydrogen) atoms. The number of hydrogen-bond acceptors (Lipinski definition) is 3. The van der Waals surface area contributed by atoms with E-state index >= 15 is 0 Å². The third-order valence-electron chi connectivity index (χ3n) is 1.64. The first kappa shape index (κ1) is 8.23. The standard InChI is InChI=1S/C7H13N3O/c1-10-6(3-5-9-10)7(11)2-4-8/h3,5,7,11H,2,4,8H2,1H3/t7-/m1/s1. The SMILES string of the molecule is Cn1nccc1[C@H](O)CCN. The lowest BCUT2D eigenvalue weighted by Crippen LogP contribution is -2.10. The normalized spacial score (nSPS) is 13.4. The summed E-state index contributed by atoms with van der Waals surface area (Å²) in [6.07, 6.45) is 1.77. The maximum atomic E-state index is 9.45. The number of aliphatic hydroxyl groups excluding tert-OH is 1. The molecule has 0 aliphatic rings. The van der Waals surface area contributed by atoms with Crippen molar-refractivity contribution in [1.82, 2.24) is 9.78 Å². The molecule has 0 bridgehead atoms. The highest BCUT2D eigenvalue weighted by atomic mass is 16.3. The third-order valence-corrected chi connectivity index (χ3v) is 1.64. The molecule has 0 saturated heterocycles. The molecule has 1 rings (SSSR count). The minimum atomic E-state index is -0.479. The smallest absolute Gasteiger partial charge is 0.0968 e. The quantitative estimate of drug-likeness (QED) is 0.635. The van der Waals surface area contributed by atoms with E-state index in [0.29, 0.717) is 13.0 Å². The Bertz CT molecular complexity index is 221. The molecule has 4 heteroatoms. The zero-order valence-corrected chi connectivity index (χ0v) is 6.57. The Hall–Kier alpha value is -0.870. The largest absolute Gasteiger partial charge is 0.387 e. The second-order valence-electron chi connectivity index (χ2n) is 2.47. The van der Waals surface area contributed by atoms with Crippen LogP contribution in [0.5, 0.6) is 0 Å². The zero-order valence-electron chi connectivity index (χ0n) is 6.57. The summed E-state index contributed by atoms with van der Waals surface area (Å²) in [5.41, 5.74) is 6.11. The Balaban J connectivity index is 2.67. The summed E-state index contributed by atoms with van der Waals surface area (Å²) < 4.78 is 1.65. The lowest BCUT2D eigenvalue weighted by Gasteiger charge is -2.08. The van der Waals surface area contributed by atoms with Crippen molar-refractivity contribution in [3.05, 3.63) is 18.0 Å². The molecule has 0 fully saturated rings. The number of nitrogens with two attached hydrogens (primary N) is 1. The van der Waals surface area contributed by atoms with Crippen molar-refractivity contribution in [1.29, 1.82) is 0 Å². The molecule has 1 aromatic rings. The Morgan fingerprint density at radius 2 is 2.55 bits per heavy atom. The Kier molecular flexibility index (Phi) is 2.62. The van der Waals surface area contributed by atoms with Gasteiger partial charge in [-0.25, -0.2) is 0 Å². The van der Waals surface area contributed by atoms with E-state index in [-0.39, 0.29) is 0 Å². The van der Waals surface area contributed by atoms with Crippen molar-refractivity contribution in [2.45, 2.75) is 12.5 Å². The maximum absolute atomic E-state index is 9.45. The summed E-state index contributed by atoms with van der Waals surface area (Å²) >= 11 is 0. The lowest BCUT2D eigenvalue weighted by molar-refractivity contribution is 0.160. The average molecular weight is 155 g/mol. The molecule has 3 N–H and O–H groups in total. The van der Waals surface area contributed by atoms with Gasteiger partial charge in [-0.15, -0.1) is 0 Å². The van der Waals surface area contributed by atoms with Gasteiger partial charge in [0.1, 0.15) is 0 Å². The van der Waals surface area contributed by atoms with E-state index in [9.17, 15) is 5.11 Å². The predicted octanol–water partition coefficient (Wildman–Crippen LogP) is -0.198. The van der Waals surface area contributed by atoms with E-state index in [4.69, 9.17) is 5.73 Å². The number of aromatic nitrogens is 2. The molecule has 0 radical (unpaired) electrons. The van der Waals surface area contributed by atoms with Crippen LogP contribution in [0.25, 0.3) is 0 Å². The molecule has 1 heterocycles. The van der Waals surface area contributed by atoms with Crippen molar-refractivity contribution in [2.24, 2.45) is 12.8 Å². The van der Waals surface area contributed by atoms with Crippen molar-refractivity contribution >= 4 is 0 Å². The van der Waals surface area contributed by atoms with Crippen LogP contribution in [0.1, 0.15) is 18.2 Å². The Morgan fingerprint density at radius 1 is 1.82 bits per heavy atom. The Labute approximate surface area is 65.6 Å². The predicted molar refractivity (Wildman–Crippen MR) is 41.8 cm³/mol. The number of aryl methyl sites for hydroxylation is 1. The van der Waals surface area contributed by atoms with Crippen LogP contribution in [0.3, 0.4) is 0 Å². The van der Waals surface area contributed by atoms with Crippen LogP contribution in [-0.4, -0.2) is 21.4 Å². The second kappa shape index (κ2) is 3.50. The van der Waals surface area contributed by atoms with E-state index in [2.05, 4.69) is 5.10 Å². The van der Waals surface area contributed by atoms with Gasteiger partial charge in [-0.2, -0.15) is 5.10 Å². The van der Waals surface area contributed by atoms with E-state index in [0.717, 1.165) is 5.69 Å². The van der Waals surface area contributed by atoms with Gasteiger partial charge in [0.25, 0.3) is 0 Å². The summed E-state index contributed by atoms with van der Waals surface area (Å²) in [6.45, 7) is 0.492. The molecule has 0 aliphatic heterocycles. The molecule has 1 atom stereocenters. The summed E-state index contributed by atoms with van der Waals surface area (Å²) in [4.78, 5) is 0. The molecular formula is C7H13N3O. The molecule has 0 aliphatic carbocycles. The van der Waals surface area contributed by atoms with Crippen LogP contribution in [0.4, 0.5) is 0 Å². The second-order valence-corrected chi connectivity index (χ2v) is 2.47. The first-order valence-electron chi connectivity index (χ1n) is 3.61. The highest BCUT2D eigenvalue weighted by Crippen LogP contribution is 2.13. The van der Waals surface area contributed by atoms with Gasteiger partial charge in [0, 0.05) is 13.2 Å². The maximum Gasteiger partial charge on any atom is 0.0968 e. The lowest BCUT2D eigenvalue weighted by atomic mass is 10.2. The van der Waals surface area contributed by atoms with Crippen LogP contribution < -0.4 is 5.73 Å². The summed E-state index contributed by atoms with van der Waals surface area (Å²) in [5.74, 6) is 0. The van der Waals surface area contributed by atoms with Gasteiger partial charge >= 0.3 is 0 Å². The minimum Gasteiger partial charge on any atom is -0.387 e. The van der Waals surface area contributed by atoms with Crippen LogP contribution >= 0.6 is 0 Å². The molecule has 4 nitrogen and oxygen atoms in total. The fourth-order valence-electron chi connectivity index (χ4n) is 1.02. The molecule has 0 aromatic carbocycles. The van der Waals surface area contributed by atoms with Gasteiger partial charge in [0.15, 0.2) is 0 Å². The summed E-state index contributed by atoms with van der Waals surface area (Å²) in [5, 5.41) is 13.4. The fourth-order valence-corrected chi connectivity index (χ4v) is 1.02. The zero-order chi connectivity index (χ0) is 8.27. The number of aliphatic hydroxyl groups is 1. The van der Waals surface area contributed by atoms with E-state index < -0.39 is 6.10 Å². The monoisotopic (exact) mass is 155 g/mol. The van der Waals surface area contributed by atoms with Gasteiger partial charge in [-0.3, -0.25) is 4.68 Å². The summed E-state index contributed by atoms with van der Waals surface area (Å²) in [6, 6.07) is 1.79. The highest BCUT2D eigenvalue weighted by Gasteiger charge is 2.08. The van der Waals surface area contributed by atoms with Crippen molar-refractivity contribution in [2.75, 3.05) is 6.54 Å². The average Bonchev–Trinajstić information content (AvgIpc) is 2.36. The fraction of sp³-hybridized carbons (Fsp3) is 0.571. The molecular weight excluding hydrogens is 142 g/mol. The molecule has 0 spiro atoms. The molecule has 1 aromatic heterocycles. The molecule has 0 unspecified atom stereocenters. The molecule has 0 saturated carbocycles. The first-order valence-corrected chi connectivity index (χ1v) is 3.61. The van der Waals surface area contributed by atoms with Gasteiger partial charge < -0.3 is 10.8 Å². The highest BCUT2D eigenvalue weighted by molar-refractivity contribution is 5.03. The van der Waals surface area contributed by atoms with Gasteiger partial charge in [0.2, 0.25) is 0 Å². The topological polar surface area (TPSA) is 64.1 Å². The van der Waals surface area contributed by atoms with Crippen LogP contribution in [0, 0.1) is 0 Å². The van der Waals surface area contributed by atoms with Gasteiger partial charge in [-0.1, -0.05) is 0 Å². The third kappa shape index (κ3) is 1.78. The molecule has 62 valence electrons. The van der Waals surface area contributed by atoms with Crippen LogP contribution in [0.15, 0.2) is 12.3 Å². The minimum absolute atomic E-state index is 0.479. The number of nitrogens with zero attached hydrogens (tertiary/aromatic N) is 2. The van der Waals surface area contributed by atoms with Crippen molar-refractivity contribution < 1.29 is 5.11 Å². The van der Waals surface area contributed by atoms with Crippen molar-refractivity contribution in [3.8, 4) is 0 Å². The van der Waals surface area contributed by atoms with E-state index in [1.54, 1.807) is 24.0 Å². The van der Waals surface area contributed by atoms with E-state index in [1.165, 1.54) is 0 Å². The van der Waals surface area contributed by atoms with Crippen LogP contribution in [0.2, 0.25) is 0 Å². The molecule has 0 amide bonds. The number of hydrogen-bond donors (Lipinski definition) is 2. The van der Waals surface area contributed by atoms with Gasteiger partial charge in [0.05, 0.1) is 11.8 Å². The first-order chi connectivity index (χ1) is 5.25. The van der Waals surface area contributed by atoms with Crippen molar-refractivity contribution in [3.63, 3.8) is 0 Å². The summed E-state index contributed by atoms with van der Waals surface area (Å²) in [7, 11) is 1.80. The number of rotatable bonds is 3.